The van der Waals surface area contributed by atoms with E-state index in [2.05, 4.69) is 5.32 Å². The molecule has 0 unspecified atom stereocenters. The van der Waals surface area contributed by atoms with Gasteiger partial charge in [-0.1, -0.05) is 0 Å². The Labute approximate surface area is 104 Å². The number of rotatable bonds is 1. The van der Waals surface area contributed by atoms with E-state index in [4.69, 9.17) is 11.0 Å². The third-order valence-electron chi connectivity index (χ3n) is 2.73. The summed E-state index contributed by atoms with van der Waals surface area (Å²) in [5, 5.41) is 11.5. The van der Waals surface area contributed by atoms with Crippen molar-refractivity contribution in [1.82, 2.24) is 0 Å². The van der Waals surface area contributed by atoms with E-state index in [1.54, 1.807) is 18.2 Å². The quantitative estimate of drug-likeness (QED) is 0.736. The Morgan fingerprint density at radius 3 is 3.00 bits per heavy atom. The molecule has 0 fully saturated rings. The van der Waals surface area contributed by atoms with Crippen molar-refractivity contribution < 1.29 is 9.59 Å². The van der Waals surface area contributed by atoms with Gasteiger partial charge in [-0.15, -0.1) is 0 Å². The first kappa shape index (κ1) is 12.1. The van der Waals surface area contributed by atoms with Gasteiger partial charge in [0.15, 0.2) is 0 Å². The van der Waals surface area contributed by atoms with E-state index in [1.165, 1.54) is 4.90 Å². The molecular formula is C12H12N4O2. The fourth-order valence-corrected chi connectivity index (χ4v) is 1.86. The van der Waals surface area contributed by atoms with Crippen molar-refractivity contribution in [2.75, 3.05) is 23.3 Å². The lowest BCUT2D eigenvalue weighted by Crippen LogP contribution is -2.36. The van der Waals surface area contributed by atoms with Crippen LogP contribution in [-0.4, -0.2) is 24.9 Å². The smallest absolute Gasteiger partial charge is 0.240 e. The van der Waals surface area contributed by atoms with Gasteiger partial charge in [0.25, 0.3) is 0 Å². The van der Waals surface area contributed by atoms with Crippen molar-refractivity contribution in [2.24, 2.45) is 5.73 Å². The second-order valence-corrected chi connectivity index (χ2v) is 3.89. The number of anilines is 2. The minimum absolute atomic E-state index is 0.117. The molecule has 92 valence electrons. The van der Waals surface area contributed by atoms with Crippen LogP contribution in [0.2, 0.25) is 0 Å². The number of nitriles is 1. The molecule has 6 nitrogen and oxygen atoms in total. The second kappa shape index (κ2) is 4.85. The minimum atomic E-state index is -0.252. The van der Waals surface area contributed by atoms with Crippen molar-refractivity contribution in [3.8, 4) is 6.07 Å². The maximum atomic E-state index is 11.7. The minimum Gasteiger partial charge on any atom is -0.324 e. The summed E-state index contributed by atoms with van der Waals surface area (Å²) in [6, 6.07) is 6.79. The fraction of sp³-hybridized carbons (Fsp3) is 0.250. The first-order valence-corrected chi connectivity index (χ1v) is 5.50. The first-order valence-electron chi connectivity index (χ1n) is 5.50. The van der Waals surface area contributed by atoms with E-state index >= 15 is 0 Å². The van der Waals surface area contributed by atoms with Gasteiger partial charge in [0.2, 0.25) is 11.8 Å². The highest BCUT2D eigenvalue weighted by atomic mass is 16.2. The van der Waals surface area contributed by atoms with Gasteiger partial charge < -0.3 is 16.0 Å². The number of benzene rings is 1. The van der Waals surface area contributed by atoms with Crippen molar-refractivity contribution in [3.05, 3.63) is 23.8 Å². The number of amides is 2. The maximum absolute atomic E-state index is 11.7. The Morgan fingerprint density at radius 1 is 1.56 bits per heavy atom. The van der Waals surface area contributed by atoms with E-state index in [1.807, 2.05) is 6.07 Å². The number of nitrogens with zero attached hydrogens (tertiary/aromatic N) is 2. The van der Waals surface area contributed by atoms with Crippen LogP contribution in [0.5, 0.6) is 0 Å². The van der Waals surface area contributed by atoms with Crippen molar-refractivity contribution in [3.63, 3.8) is 0 Å². The molecule has 6 heteroatoms. The highest BCUT2D eigenvalue weighted by molar-refractivity contribution is 6.04. The van der Waals surface area contributed by atoms with Crippen LogP contribution < -0.4 is 16.0 Å². The second-order valence-electron chi connectivity index (χ2n) is 3.89. The SMILES string of the molecule is N#Cc1ccc2c(c1)NC(=O)CCN2C(=O)CN. The lowest BCUT2D eigenvalue weighted by molar-refractivity contribution is -0.117. The highest BCUT2D eigenvalue weighted by Crippen LogP contribution is 2.29. The monoisotopic (exact) mass is 244 g/mol. The predicted molar refractivity (Wildman–Crippen MR) is 65.8 cm³/mol. The third kappa shape index (κ3) is 2.17. The molecule has 1 aromatic carbocycles. The Kier molecular flexibility index (Phi) is 3.26. The Bertz CT molecular complexity index is 547. The van der Waals surface area contributed by atoms with Crippen molar-refractivity contribution in [1.29, 1.82) is 5.26 Å². The van der Waals surface area contributed by atoms with E-state index in [0.717, 1.165) is 0 Å². The summed E-state index contributed by atoms with van der Waals surface area (Å²) in [4.78, 5) is 24.7. The number of carbonyl (C=O) groups excluding carboxylic acids is 2. The van der Waals surface area contributed by atoms with Crippen LogP contribution in [-0.2, 0) is 9.59 Å². The van der Waals surface area contributed by atoms with Crippen LogP contribution in [0.4, 0.5) is 11.4 Å². The molecule has 1 aromatic rings. The average Bonchev–Trinajstić information content (AvgIpc) is 2.55. The molecular weight excluding hydrogens is 232 g/mol. The zero-order valence-corrected chi connectivity index (χ0v) is 9.64. The zero-order chi connectivity index (χ0) is 13.1. The molecule has 2 rings (SSSR count). The number of carbonyl (C=O) groups is 2. The molecule has 1 aliphatic heterocycles. The number of nitrogens with one attached hydrogen (secondary N) is 1. The fourth-order valence-electron chi connectivity index (χ4n) is 1.86. The molecule has 0 saturated carbocycles. The van der Waals surface area contributed by atoms with Gasteiger partial charge in [-0.2, -0.15) is 5.26 Å². The largest absolute Gasteiger partial charge is 0.324 e. The topological polar surface area (TPSA) is 99.2 Å². The van der Waals surface area contributed by atoms with Gasteiger partial charge in [-0.3, -0.25) is 9.59 Å². The van der Waals surface area contributed by atoms with Gasteiger partial charge in [0.1, 0.15) is 0 Å². The summed E-state index contributed by atoms with van der Waals surface area (Å²) in [6.07, 6.45) is 0.211. The summed E-state index contributed by atoms with van der Waals surface area (Å²) in [6.45, 7) is 0.175. The first-order chi connectivity index (χ1) is 8.65. The van der Waals surface area contributed by atoms with Gasteiger partial charge in [0, 0.05) is 13.0 Å². The molecule has 1 heterocycles. The average molecular weight is 244 g/mol. The molecule has 0 aromatic heterocycles. The zero-order valence-electron chi connectivity index (χ0n) is 9.64. The van der Waals surface area contributed by atoms with E-state index in [9.17, 15) is 9.59 Å². The van der Waals surface area contributed by atoms with Crippen LogP contribution in [0.25, 0.3) is 0 Å². The highest BCUT2D eigenvalue weighted by Gasteiger charge is 2.23. The molecule has 0 atom stereocenters. The number of fused-ring (bicyclic) bond motifs is 1. The molecule has 3 N–H and O–H groups in total. The van der Waals surface area contributed by atoms with Crippen molar-refractivity contribution >= 4 is 23.2 Å². The van der Waals surface area contributed by atoms with E-state index < -0.39 is 0 Å². The maximum Gasteiger partial charge on any atom is 0.240 e. The molecule has 0 saturated heterocycles. The van der Waals surface area contributed by atoms with Crippen LogP contribution in [0, 0.1) is 11.3 Å². The van der Waals surface area contributed by atoms with E-state index in [-0.39, 0.29) is 24.8 Å². The summed E-state index contributed by atoms with van der Waals surface area (Å²) < 4.78 is 0. The Hall–Kier alpha value is -2.39. The van der Waals surface area contributed by atoms with Gasteiger partial charge in [-0.05, 0) is 18.2 Å². The number of hydrogen-bond donors (Lipinski definition) is 2. The molecule has 0 radical (unpaired) electrons. The normalized spacial score (nSPS) is 14.2. The molecule has 0 spiro atoms. The van der Waals surface area contributed by atoms with Crippen molar-refractivity contribution in [2.45, 2.75) is 6.42 Å². The van der Waals surface area contributed by atoms with Crippen LogP contribution in [0.15, 0.2) is 18.2 Å². The summed E-state index contributed by atoms with van der Waals surface area (Å²) in [5.74, 6) is -0.434. The van der Waals surface area contributed by atoms with Crippen LogP contribution in [0.1, 0.15) is 12.0 Å². The third-order valence-corrected chi connectivity index (χ3v) is 2.73. The van der Waals surface area contributed by atoms with E-state index in [0.29, 0.717) is 23.5 Å². The van der Waals surface area contributed by atoms with Gasteiger partial charge in [-0.25, -0.2) is 0 Å². The standard InChI is InChI=1S/C12H12N4O2/c13-6-8-1-2-10-9(5-8)15-11(17)3-4-16(10)12(18)7-14/h1-2,5H,3-4,7,14H2,(H,15,17). The van der Waals surface area contributed by atoms with Crippen LogP contribution in [0.3, 0.4) is 0 Å². The summed E-state index contributed by atoms with van der Waals surface area (Å²) in [7, 11) is 0. The Balaban J connectivity index is 2.49. The molecule has 1 aliphatic rings. The number of hydrogen-bond acceptors (Lipinski definition) is 4. The molecule has 0 bridgehead atoms. The van der Waals surface area contributed by atoms with Gasteiger partial charge >= 0.3 is 0 Å². The molecule has 2 amide bonds. The molecule has 0 aliphatic carbocycles. The lowest BCUT2D eigenvalue weighted by atomic mass is 10.1. The molecule has 18 heavy (non-hydrogen) atoms. The summed E-state index contributed by atoms with van der Waals surface area (Å²) >= 11 is 0. The number of nitrogens with two attached hydrogens (primary N) is 1. The predicted octanol–water partition coefficient (Wildman–Crippen LogP) is 0.192. The lowest BCUT2D eigenvalue weighted by Gasteiger charge is -2.21. The Morgan fingerprint density at radius 2 is 2.33 bits per heavy atom. The van der Waals surface area contributed by atoms with Gasteiger partial charge in [0.05, 0.1) is 29.6 Å². The van der Waals surface area contributed by atoms with Crippen LogP contribution >= 0.6 is 0 Å². The summed E-state index contributed by atoms with van der Waals surface area (Å²) in [5.41, 5.74) is 6.83.